The van der Waals surface area contributed by atoms with Gasteiger partial charge in [-0.15, -0.1) is 47.0 Å². The van der Waals surface area contributed by atoms with Crippen molar-refractivity contribution >= 4 is 52.8 Å². The third-order valence-electron chi connectivity index (χ3n) is 3.00. The van der Waals surface area contributed by atoms with Crippen LogP contribution in [0.2, 0.25) is 0 Å². The van der Waals surface area contributed by atoms with E-state index in [1.807, 2.05) is 47.0 Å². The number of allylic oxidation sites excluding steroid dienone is 2. The smallest absolute Gasteiger partial charge is 0.188 e. The van der Waals surface area contributed by atoms with Crippen LogP contribution >= 0.6 is 47.0 Å². The fraction of sp³-hybridized carbons (Fsp3) is 0.688. The van der Waals surface area contributed by atoms with Gasteiger partial charge in [-0.1, -0.05) is 27.7 Å². The minimum Gasteiger partial charge on any atom is -0.289 e. The first-order valence-corrected chi connectivity index (χ1v) is 11.7. The quantitative estimate of drug-likeness (QED) is 0.478. The molecule has 0 N–H and O–H groups in total. The Hall–Kier alpha value is 0.550. The molecule has 0 radical (unpaired) electrons. The predicted molar refractivity (Wildman–Crippen MR) is 105 cm³/mol. The van der Waals surface area contributed by atoms with Crippen molar-refractivity contribution < 1.29 is 4.79 Å². The lowest BCUT2D eigenvalue weighted by atomic mass is 9.91. The Kier molecular flexibility index (Phi) is 10.4. The highest BCUT2D eigenvalue weighted by molar-refractivity contribution is 8.22. The van der Waals surface area contributed by atoms with E-state index in [-0.39, 0.29) is 0 Å². The Morgan fingerprint density at radius 1 is 0.762 bits per heavy atom. The van der Waals surface area contributed by atoms with Gasteiger partial charge in [-0.3, -0.25) is 4.79 Å². The summed E-state index contributed by atoms with van der Waals surface area (Å²) in [6, 6.07) is 0. The summed E-state index contributed by atoms with van der Waals surface area (Å²) in [6.45, 7) is 8.65. The predicted octanol–water partition coefficient (Wildman–Crippen LogP) is 6.18. The molecule has 21 heavy (non-hydrogen) atoms. The van der Waals surface area contributed by atoms with Crippen molar-refractivity contribution in [2.75, 3.05) is 23.0 Å². The molecule has 0 bridgehead atoms. The molecule has 1 rings (SSSR count). The van der Waals surface area contributed by atoms with Gasteiger partial charge in [0.1, 0.15) is 0 Å². The lowest BCUT2D eigenvalue weighted by molar-refractivity contribution is -0.113. The van der Waals surface area contributed by atoms with Crippen LogP contribution in [0.15, 0.2) is 19.6 Å². The summed E-state index contributed by atoms with van der Waals surface area (Å²) in [4.78, 5) is 12.9. The van der Waals surface area contributed by atoms with Crippen LogP contribution in [-0.4, -0.2) is 28.8 Å². The zero-order valence-corrected chi connectivity index (χ0v) is 16.8. The Bertz CT molecular complexity index is 361. The van der Waals surface area contributed by atoms with Gasteiger partial charge in [0.05, 0.1) is 0 Å². The van der Waals surface area contributed by atoms with Gasteiger partial charge in [0, 0.05) is 19.6 Å². The van der Waals surface area contributed by atoms with Crippen LogP contribution in [0, 0.1) is 0 Å². The van der Waals surface area contributed by atoms with Crippen LogP contribution in [0.1, 0.15) is 47.0 Å². The van der Waals surface area contributed by atoms with E-state index in [1.165, 1.54) is 8.47 Å². The van der Waals surface area contributed by atoms with E-state index in [0.29, 0.717) is 5.78 Å². The molecule has 0 aromatic carbocycles. The highest BCUT2D eigenvalue weighted by Crippen LogP contribution is 2.42. The lowest BCUT2D eigenvalue weighted by Gasteiger charge is -2.22. The second-order valence-corrected chi connectivity index (χ2v) is 10.1. The van der Waals surface area contributed by atoms with Crippen molar-refractivity contribution in [3.8, 4) is 0 Å². The normalized spacial score (nSPS) is 15.5. The Balaban J connectivity index is 3.13. The SMILES string of the molecule is CCSC(SCC)=C1CCCC(=C(SCC)SCC)C1=O. The summed E-state index contributed by atoms with van der Waals surface area (Å²) in [5, 5.41) is 0. The monoisotopic (exact) mass is 362 g/mol. The zero-order valence-electron chi connectivity index (χ0n) is 13.5. The van der Waals surface area contributed by atoms with E-state index in [4.69, 9.17) is 0 Å². The molecule has 0 aliphatic heterocycles. The molecule has 0 atom stereocenters. The van der Waals surface area contributed by atoms with Crippen molar-refractivity contribution in [1.82, 2.24) is 0 Å². The third-order valence-corrected chi connectivity index (χ3v) is 7.60. The van der Waals surface area contributed by atoms with Crippen LogP contribution in [-0.2, 0) is 4.79 Å². The van der Waals surface area contributed by atoms with Gasteiger partial charge in [0.15, 0.2) is 5.78 Å². The maximum atomic E-state index is 12.9. The third kappa shape index (κ3) is 5.92. The Labute approximate surface area is 146 Å². The first kappa shape index (κ1) is 19.6. The number of thioether (sulfide) groups is 4. The highest BCUT2D eigenvalue weighted by Gasteiger charge is 2.26. The number of carbonyl (C=O) groups excluding carboxylic acids is 1. The van der Waals surface area contributed by atoms with E-state index in [9.17, 15) is 4.79 Å². The molecule has 120 valence electrons. The summed E-state index contributed by atoms with van der Waals surface area (Å²) in [7, 11) is 0. The lowest BCUT2D eigenvalue weighted by Crippen LogP contribution is -2.15. The maximum Gasteiger partial charge on any atom is 0.188 e. The standard InChI is InChI=1S/C16H26OS4/c1-5-18-15(19-6-2)12-10-9-11-13(14(12)17)16(20-7-3)21-8-4/h5-11H2,1-4H3. The zero-order chi connectivity index (χ0) is 15.7. The largest absolute Gasteiger partial charge is 0.289 e. The Morgan fingerprint density at radius 3 is 1.38 bits per heavy atom. The molecule has 0 aromatic heterocycles. The molecular formula is C16H26OS4. The minimum absolute atomic E-state index is 0.329. The molecule has 1 fully saturated rings. The molecule has 5 heteroatoms. The second kappa shape index (κ2) is 11.1. The first-order chi connectivity index (χ1) is 10.2. The fourth-order valence-electron chi connectivity index (χ4n) is 2.20. The van der Waals surface area contributed by atoms with Crippen molar-refractivity contribution in [3.05, 3.63) is 19.6 Å². The molecule has 0 amide bonds. The molecule has 0 heterocycles. The Morgan fingerprint density at radius 2 is 1.10 bits per heavy atom. The second-order valence-electron chi connectivity index (χ2n) is 4.45. The topological polar surface area (TPSA) is 17.1 Å². The highest BCUT2D eigenvalue weighted by atomic mass is 32.2. The fourth-order valence-corrected chi connectivity index (χ4v) is 6.80. The summed E-state index contributed by atoms with van der Waals surface area (Å²) >= 11 is 7.35. The van der Waals surface area contributed by atoms with Crippen molar-refractivity contribution in [3.63, 3.8) is 0 Å². The molecule has 1 saturated carbocycles. The first-order valence-electron chi connectivity index (χ1n) is 7.71. The van der Waals surface area contributed by atoms with Crippen LogP contribution < -0.4 is 0 Å². The van der Waals surface area contributed by atoms with E-state index in [2.05, 4.69) is 27.7 Å². The van der Waals surface area contributed by atoms with Gasteiger partial charge >= 0.3 is 0 Å². The van der Waals surface area contributed by atoms with Crippen LogP contribution in [0.3, 0.4) is 0 Å². The number of Topliss-reactive ketones (excluding diaryl/α,β-unsaturated/α-hetero) is 1. The number of rotatable bonds is 8. The molecule has 1 aliphatic rings. The summed E-state index contributed by atoms with van der Waals surface area (Å²) in [6.07, 6.45) is 3.03. The number of hydrogen-bond acceptors (Lipinski definition) is 5. The number of hydrogen-bond donors (Lipinski definition) is 0. The minimum atomic E-state index is 0.329. The summed E-state index contributed by atoms with van der Waals surface area (Å²) < 4.78 is 2.54. The van der Waals surface area contributed by atoms with Crippen molar-refractivity contribution in [2.24, 2.45) is 0 Å². The van der Waals surface area contributed by atoms with Crippen molar-refractivity contribution in [2.45, 2.75) is 47.0 Å². The molecule has 0 aromatic rings. The average molecular weight is 363 g/mol. The number of carbonyl (C=O) groups is 1. The van der Waals surface area contributed by atoms with Crippen LogP contribution in [0.5, 0.6) is 0 Å². The van der Waals surface area contributed by atoms with Gasteiger partial charge in [-0.2, -0.15) is 0 Å². The summed E-state index contributed by atoms with van der Waals surface area (Å²) in [5.74, 6) is 4.49. The number of ketones is 1. The van der Waals surface area contributed by atoms with E-state index in [0.717, 1.165) is 53.4 Å². The van der Waals surface area contributed by atoms with Gasteiger partial charge in [-0.05, 0) is 42.3 Å². The maximum absolute atomic E-state index is 12.9. The molecule has 1 nitrogen and oxygen atoms in total. The van der Waals surface area contributed by atoms with Gasteiger partial charge in [0.25, 0.3) is 0 Å². The van der Waals surface area contributed by atoms with Crippen LogP contribution in [0.25, 0.3) is 0 Å². The van der Waals surface area contributed by atoms with Gasteiger partial charge in [0.2, 0.25) is 0 Å². The summed E-state index contributed by atoms with van der Waals surface area (Å²) in [5.41, 5.74) is 2.17. The molecule has 0 saturated heterocycles. The average Bonchev–Trinajstić information content (AvgIpc) is 2.47. The van der Waals surface area contributed by atoms with Crippen molar-refractivity contribution in [1.29, 1.82) is 0 Å². The molecule has 0 spiro atoms. The molecule has 1 aliphatic carbocycles. The van der Waals surface area contributed by atoms with Gasteiger partial charge < -0.3 is 0 Å². The molecular weight excluding hydrogens is 336 g/mol. The van der Waals surface area contributed by atoms with Crippen LogP contribution in [0.4, 0.5) is 0 Å². The molecule has 0 unspecified atom stereocenters. The van der Waals surface area contributed by atoms with E-state index >= 15 is 0 Å². The van der Waals surface area contributed by atoms with E-state index in [1.54, 1.807) is 0 Å². The van der Waals surface area contributed by atoms with Gasteiger partial charge in [-0.25, -0.2) is 0 Å². The van der Waals surface area contributed by atoms with E-state index < -0.39 is 0 Å².